The predicted octanol–water partition coefficient (Wildman–Crippen LogP) is 3.06. The summed E-state index contributed by atoms with van der Waals surface area (Å²) in [5, 5.41) is 9.79. The molecule has 1 aliphatic carbocycles. The van der Waals surface area contributed by atoms with E-state index in [0.29, 0.717) is 11.5 Å². The summed E-state index contributed by atoms with van der Waals surface area (Å²) in [4.78, 5) is 30.1. The van der Waals surface area contributed by atoms with Crippen molar-refractivity contribution in [2.45, 2.75) is 37.8 Å². The minimum atomic E-state index is -2.35. The van der Waals surface area contributed by atoms with E-state index in [-0.39, 0.29) is 18.9 Å². The summed E-state index contributed by atoms with van der Waals surface area (Å²) in [6.07, 6.45) is 1.95. The molecule has 2 aliphatic rings. The normalized spacial score (nSPS) is 23.2. The smallest absolute Gasteiger partial charge is 0.343 e. The molecule has 1 N–H and O–H groups in total. The minimum Gasteiger partial charge on any atom is -0.479 e. The van der Waals surface area contributed by atoms with Gasteiger partial charge in [0.1, 0.15) is 0 Å². The van der Waals surface area contributed by atoms with Gasteiger partial charge in [0, 0.05) is 30.0 Å². The zero-order valence-electron chi connectivity index (χ0n) is 14.0. The number of aromatic nitrogens is 1. The van der Waals surface area contributed by atoms with E-state index in [2.05, 4.69) is 4.98 Å². The largest absolute Gasteiger partial charge is 0.479 e. The Morgan fingerprint density at radius 1 is 1.32 bits per heavy atom. The number of rotatable bonds is 3. The third-order valence-electron chi connectivity index (χ3n) is 5.10. The van der Waals surface area contributed by atoms with Crippen molar-refractivity contribution in [3.8, 4) is 0 Å². The summed E-state index contributed by atoms with van der Waals surface area (Å²) in [5.41, 5.74) is 0.791. The molecule has 0 radical (unpaired) electrons. The van der Waals surface area contributed by atoms with E-state index >= 15 is 0 Å². The average molecular weight is 342 g/mol. The Balaban J connectivity index is 1.76. The van der Waals surface area contributed by atoms with Crippen molar-refractivity contribution in [2.75, 3.05) is 13.1 Å². The number of aliphatic carboxylic acids is 1. The lowest BCUT2D eigenvalue weighted by Crippen LogP contribution is -2.39. The van der Waals surface area contributed by atoms with Gasteiger partial charge in [-0.25, -0.2) is 9.18 Å². The zero-order valence-corrected chi connectivity index (χ0v) is 14.0. The number of amides is 1. The number of carboxylic acid groups (broad SMARTS) is 1. The number of carbonyl (C=O) groups is 2. The number of pyridine rings is 1. The summed E-state index contributed by atoms with van der Waals surface area (Å²) >= 11 is 0. The number of likely N-dealkylation sites (tertiary alicyclic amines) is 1. The first-order valence-corrected chi connectivity index (χ1v) is 8.50. The van der Waals surface area contributed by atoms with Crippen molar-refractivity contribution in [2.24, 2.45) is 0 Å². The van der Waals surface area contributed by atoms with Gasteiger partial charge in [0.25, 0.3) is 5.91 Å². The fourth-order valence-electron chi connectivity index (χ4n) is 3.42. The van der Waals surface area contributed by atoms with Crippen LogP contribution >= 0.6 is 0 Å². The molecule has 5 nitrogen and oxygen atoms in total. The molecule has 1 unspecified atom stereocenters. The van der Waals surface area contributed by atoms with Gasteiger partial charge in [-0.1, -0.05) is 11.6 Å². The van der Waals surface area contributed by atoms with Crippen molar-refractivity contribution in [3.63, 3.8) is 0 Å². The zero-order chi connectivity index (χ0) is 17.8. The minimum absolute atomic E-state index is 0.107. The molecule has 2 fully saturated rings. The third kappa shape index (κ3) is 2.75. The molecule has 0 spiro atoms. The number of hydrogen-bond acceptors (Lipinski definition) is 3. The number of hydrogen-bond donors (Lipinski definition) is 1. The van der Waals surface area contributed by atoms with Gasteiger partial charge in [0.2, 0.25) is 5.67 Å². The van der Waals surface area contributed by atoms with Crippen molar-refractivity contribution in [1.29, 1.82) is 0 Å². The molecule has 1 aromatic carbocycles. The molecule has 4 rings (SSSR count). The van der Waals surface area contributed by atoms with Gasteiger partial charge < -0.3 is 10.0 Å². The van der Waals surface area contributed by atoms with E-state index in [4.69, 9.17) is 5.11 Å². The molecule has 25 heavy (non-hydrogen) atoms. The first-order chi connectivity index (χ1) is 11.9. The van der Waals surface area contributed by atoms with Gasteiger partial charge in [-0.2, -0.15) is 0 Å². The maximum Gasteiger partial charge on any atom is 0.343 e. The van der Waals surface area contributed by atoms with E-state index in [1.165, 1.54) is 4.90 Å². The topological polar surface area (TPSA) is 70.5 Å². The highest BCUT2D eigenvalue weighted by Gasteiger charge is 2.47. The highest BCUT2D eigenvalue weighted by molar-refractivity contribution is 6.06. The Hall–Kier alpha value is -2.50. The SMILES string of the molecule is Cc1ccc2nc(C3CC3)cc(C(=O)N3CCC(F)(C(=O)O)C3)c2c1. The maximum atomic E-state index is 14.4. The Bertz CT molecular complexity index is 894. The number of carbonyl (C=O) groups excluding carboxylic acids is 1. The van der Waals surface area contributed by atoms with Crippen LogP contribution in [0.1, 0.15) is 46.8 Å². The van der Waals surface area contributed by atoms with Crippen LogP contribution in [0.4, 0.5) is 4.39 Å². The van der Waals surface area contributed by atoms with Crippen molar-refractivity contribution >= 4 is 22.8 Å². The van der Waals surface area contributed by atoms with E-state index in [9.17, 15) is 14.0 Å². The van der Waals surface area contributed by atoms with E-state index in [0.717, 1.165) is 35.0 Å². The molecular weight excluding hydrogens is 323 g/mol. The molecule has 6 heteroatoms. The van der Waals surface area contributed by atoms with Gasteiger partial charge >= 0.3 is 5.97 Å². The molecular formula is C19H19FN2O3. The van der Waals surface area contributed by atoms with Crippen LogP contribution in [0.5, 0.6) is 0 Å². The number of nitrogens with zero attached hydrogens (tertiary/aromatic N) is 2. The molecule has 0 bridgehead atoms. The molecule has 1 aliphatic heterocycles. The van der Waals surface area contributed by atoms with Gasteiger partial charge in [-0.05, 0) is 38.0 Å². The summed E-state index contributed by atoms with van der Waals surface area (Å²) in [7, 11) is 0. The van der Waals surface area contributed by atoms with Crippen LogP contribution in [-0.4, -0.2) is 45.6 Å². The maximum absolute atomic E-state index is 14.4. The monoisotopic (exact) mass is 342 g/mol. The number of carboxylic acids is 1. The van der Waals surface area contributed by atoms with Gasteiger partial charge in [0.15, 0.2) is 0 Å². The van der Waals surface area contributed by atoms with Crippen LogP contribution in [0.25, 0.3) is 10.9 Å². The lowest BCUT2D eigenvalue weighted by Gasteiger charge is -2.19. The molecule has 1 atom stereocenters. The molecule has 1 saturated heterocycles. The molecule has 2 aromatic rings. The van der Waals surface area contributed by atoms with E-state index in [1.54, 1.807) is 6.07 Å². The quantitative estimate of drug-likeness (QED) is 0.931. The summed E-state index contributed by atoms with van der Waals surface area (Å²) < 4.78 is 14.4. The Morgan fingerprint density at radius 2 is 2.08 bits per heavy atom. The van der Waals surface area contributed by atoms with Crippen LogP contribution in [0.15, 0.2) is 24.3 Å². The second kappa shape index (κ2) is 5.51. The van der Waals surface area contributed by atoms with Crippen LogP contribution in [0.2, 0.25) is 0 Å². The third-order valence-corrected chi connectivity index (χ3v) is 5.10. The summed E-state index contributed by atoms with van der Waals surface area (Å²) in [6, 6.07) is 7.56. The Kier molecular flexibility index (Phi) is 3.52. The van der Waals surface area contributed by atoms with E-state index in [1.807, 2.05) is 25.1 Å². The van der Waals surface area contributed by atoms with E-state index < -0.39 is 18.2 Å². The number of alkyl halides is 1. The van der Waals surface area contributed by atoms with Gasteiger partial charge in [-0.15, -0.1) is 0 Å². The number of aryl methyl sites for hydroxylation is 1. The van der Waals surface area contributed by atoms with Crippen LogP contribution in [0, 0.1) is 6.92 Å². The molecule has 1 amide bonds. The molecule has 1 saturated carbocycles. The molecule has 1 aromatic heterocycles. The van der Waals surface area contributed by atoms with Crippen molar-refractivity contribution in [3.05, 3.63) is 41.1 Å². The van der Waals surface area contributed by atoms with Crippen LogP contribution in [-0.2, 0) is 4.79 Å². The van der Waals surface area contributed by atoms with Crippen molar-refractivity contribution in [1.82, 2.24) is 9.88 Å². The first kappa shape index (κ1) is 16.0. The standard InChI is InChI=1S/C19H19FN2O3/c1-11-2-5-15-13(8-11)14(9-16(21-15)12-3-4-12)17(23)22-7-6-19(20,10-22)18(24)25/h2,5,8-9,12H,3-4,6-7,10H2,1H3,(H,24,25). The Morgan fingerprint density at radius 3 is 2.72 bits per heavy atom. The number of halogens is 1. The fraction of sp³-hybridized carbons (Fsp3) is 0.421. The summed E-state index contributed by atoms with van der Waals surface area (Å²) in [6.45, 7) is 1.64. The number of benzene rings is 1. The highest BCUT2D eigenvalue weighted by atomic mass is 19.1. The van der Waals surface area contributed by atoms with Gasteiger partial charge in [-0.3, -0.25) is 9.78 Å². The van der Waals surface area contributed by atoms with Crippen molar-refractivity contribution < 1.29 is 19.1 Å². The second-order valence-corrected chi connectivity index (χ2v) is 7.14. The second-order valence-electron chi connectivity index (χ2n) is 7.14. The molecule has 130 valence electrons. The first-order valence-electron chi connectivity index (χ1n) is 8.50. The summed E-state index contributed by atoms with van der Waals surface area (Å²) in [5.74, 6) is -1.44. The predicted molar refractivity (Wildman–Crippen MR) is 90.5 cm³/mol. The molecule has 2 heterocycles. The lowest BCUT2D eigenvalue weighted by molar-refractivity contribution is -0.149. The average Bonchev–Trinajstić information content (AvgIpc) is 3.35. The lowest BCUT2D eigenvalue weighted by atomic mass is 10.0. The van der Waals surface area contributed by atoms with Crippen LogP contribution in [0.3, 0.4) is 0 Å². The highest BCUT2D eigenvalue weighted by Crippen LogP contribution is 2.40. The Labute approximate surface area is 144 Å². The van der Waals surface area contributed by atoms with Crippen LogP contribution < -0.4 is 0 Å². The fourth-order valence-corrected chi connectivity index (χ4v) is 3.42. The number of fused-ring (bicyclic) bond motifs is 1. The van der Waals surface area contributed by atoms with Gasteiger partial charge in [0.05, 0.1) is 17.6 Å².